The molecule has 0 saturated carbocycles. The van der Waals surface area contributed by atoms with Gasteiger partial charge in [-0.25, -0.2) is 9.97 Å². The van der Waals surface area contributed by atoms with E-state index in [0.717, 1.165) is 11.3 Å². The summed E-state index contributed by atoms with van der Waals surface area (Å²) >= 11 is 5.96. The number of benzene rings is 2. The zero-order chi connectivity index (χ0) is 19.9. The molecule has 3 rings (SSSR count). The van der Waals surface area contributed by atoms with Crippen molar-refractivity contribution in [3.05, 3.63) is 82.8 Å². The highest BCUT2D eigenvalue weighted by Gasteiger charge is 2.09. The first-order valence-corrected chi connectivity index (χ1v) is 9.12. The molecule has 142 valence electrons. The van der Waals surface area contributed by atoms with E-state index in [4.69, 9.17) is 11.6 Å². The standard InChI is InChI=1S/C21H19ClN4O2/c1-14(27)16-5-7-18(8-6-16)26-20-12-19(24-13-25-20)21(28)23-10-9-15-3-2-4-17(22)11-15/h2-8,11-13H,9-10H2,1H3,(H,23,28)(H,24,25,26). The summed E-state index contributed by atoms with van der Waals surface area (Å²) in [5.41, 5.74) is 2.71. The summed E-state index contributed by atoms with van der Waals surface area (Å²) in [6.07, 6.45) is 2.00. The molecule has 0 bridgehead atoms. The second-order valence-corrected chi connectivity index (χ2v) is 6.62. The van der Waals surface area contributed by atoms with Gasteiger partial charge in [0.25, 0.3) is 5.91 Å². The average Bonchev–Trinajstić information content (AvgIpc) is 2.68. The predicted octanol–water partition coefficient (Wildman–Crippen LogP) is 4.05. The number of Topliss-reactive ketones (excluding diaryl/α,β-unsaturated/α-hetero) is 1. The SMILES string of the molecule is CC(=O)c1ccc(Nc2cc(C(=O)NCCc3cccc(Cl)c3)ncn2)cc1. The number of carbonyl (C=O) groups is 2. The number of halogens is 1. The van der Waals surface area contributed by atoms with Crippen LogP contribution in [-0.4, -0.2) is 28.2 Å². The van der Waals surface area contributed by atoms with Crippen molar-refractivity contribution in [2.75, 3.05) is 11.9 Å². The lowest BCUT2D eigenvalue weighted by atomic mass is 10.1. The van der Waals surface area contributed by atoms with Crippen LogP contribution < -0.4 is 10.6 Å². The van der Waals surface area contributed by atoms with Crippen LogP contribution in [0.25, 0.3) is 0 Å². The van der Waals surface area contributed by atoms with Gasteiger partial charge in [0, 0.05) is 28.9 Å². The van der Waals surface area contributed by atoms with Crippen molar-refractivity contribution in [3.8, 4) is 0 Å². The van der Waals surface area contributed by atoms with Crippen LogP contribution in [0.4, 0.5) is 11.5 Å². The first-order valence-electron chi connectivity index (χ1n) is 8.74. The Morgan fingerprint density at radius 3 is 2.54 bits per heavy atom. The van der Waals surface area contributed by atoms with Gasteiger partial charge in [-0.05, 0) is 55.3 Å². The van der Waals surface area contributed by atoms with Crippen LogP contribution >= 0.6 is 11.6 Å². The first-order chi connectivity index (χ1) is 13.5. The quantitative estimate of drug-likeness (QED) is 0.590. The molecular weight excluding hydrogens is 376 g/mol. The van der Waals surface area contributed by atoms with Gasteiger partial charge in [-0.15, -0.1) is 0 Å². The van der Waals surface area contributed by atoms with Crippen molar-refractivity contribution in [1.29, 1.82) is 0 Å². The number of amides is 1. The molecule has 2 N–H and O–H groups in total. The van der Waals surface area contributed by atoms with Gasteiger partial charge in [0.05, 0.1) is 0 Å². The monoisotopic (exact) mass is 394 g/mol. The number of ketones is 1. The van der Waals surface area contributed by atoms with Gasteiger partial charge in [0.15, 0.2) is 5.78 Å². The zero-order valence-corrected chi connectivity index (χ0v) is 16.0. The van der Waals surface area contributed by atoms with Crippen molar-refractivity contribution < 1.29 is 9.59 Å². The molecule has 0 unspecified atom stereocenters. The summed E-state index contributed by atoms with van der Waals surface area (Å²) in [6, 6.07) is 16.1. The molecular formula is C21H19ClN4O2. The van der Waals surface area contributed by atoms with Gasteiger partial charge >= 0.3 is 0 Å². The minimum atomic E-state index is -0.278. The Bertz CT molecular complexity index is 990. The number of nitrogens with zero attached hydrogens (tertiary/aromatic N) is 2. The molecule has 0 aliphatic carbocycles. The zero-order valence-electron chi connectivity index (χ0n) is 15.3. The number of aromatic nitrogens is 2. The average molecular weight is 395 g/mol. The van der Waals surface area contributed by atoms with Crippen LogP contribution in [0.2, 0.25) is 5.02 Å². The summed E-state index contributed by atoms with van der Waals surface area (Å²) in [5.74, 6) is 0.218. The number of hydrogen-bond acceptors (Lipinski definition) is 5. The molecule has 0 radical (unpaired) electrons. The van der Waals surface area contributed by atoms with Gasteiger partial charge in [-0.3, -0.25) is 9.59 Å². The van der Waals surface area contributed by atoms with Crippen molar-refractivity contribution in [1.82, 2.24) is 15.3 Å². The van der Waals surface area contributed by atoms with E-state index in [0.29, 0.717) is 29.4 Å². The summed E-state index contributed by atoms with van der Waals surface area (Å²) in [5, 5.41) is 6.61. The molecule has 0 atom stereocenters. The van der Waals surface area contributed by atoms with Crippen molar-refractivity contribution in [3.63, 3.8) is 0 Å². The second kappa shape index (κ2) is 9.10. The van der Waals surface area contributed by atoms with Gasteiger partial charge in [-0.1, -0.05) is 23.7 Å². The van der Waals surface area contributed by atoms with Crippen LogP contribution in [0.3, 0.4) is 0 Å². The normalized spacial score (nSPS) is 10.4. The lowest BCUT2D eigenvalue weighted by Crippen LogP contribution is -2.26. The molecule has 0 aliphatic rings. The summed E-state index contributed by atoms with van der Waals surface area (Å²) in [7, 11) is 0. The van der Waals surface area contributed by atoms with E-state index in [-0.39, 0.29) is 17.4 Å². The highest BCUT2D eigenvalue weighted by molar-refractivity contribution is 6.30. The molecule has 1 amide bonds. The molecule has 3 aromatic rings. The Morgan fingerprint density at radius 2 is 1.82 bits per heavy atom. The molecule has 28 heavy (non-hydrogen) atoms. The summed E-state index contributed by atoms with van der Waals surface area (Å²) in [4.78, 5) is 31.8. The Balaban J connectivity index is 1.58. The Kier molecular flexibility index (Phi) is 6.34. The van der Waals surface area contributed by atoms with Crippen molar-refractivity contribution >= 4 is 34.8 Å². The van der Waals surface area contributed by atoms with Crippen LogP contribution in [0.1, 0.15) is 33.3 Å². The summed E-state index contributed by atoms with van der Waals surface area (Å²) in [6.45, 7) is 1.99. The molecule has 2 aromatic carbocycles. The van der Waals surface area contributed by atoms with Gasteiger partial charge in [0.2, 0.25) is 0 Å². The number of anilines is 2. The first kappa shape index (κ1) is 19.5. The smallest absolute Gasteiger partial charge is 0.270 e. The Morgan fingerprint density at radius 1 is 1.04 bits per heavy atom. The number of nitrogens with one attached hydrogen (secondary N) is 2. The molecule has 0 saturated heterocycles. The molecule has 0 spiro atoms. The molecule has 1 heterocycles. The van der Waals surface area contributed by atoms with Crippen LogP contribution in [0.5, 0.6) is 0 Å². The highest BCUT2D eigenvalue weighted by atomic mass is 35.5. The highest BCUT2D eigenvalue weighted by Crippen LogP contribution is 2.16. The fourth-order valence-corrected chi connectivity index (χ4v) is 2.80. The molecule has 6 nitrogen and oxygen atoms in total. The number of rotatable bonds is 7. The van der Waals surface area contributed by atoms with Gasteiger partial charge in [-0.2, -0.15) is 0 Å². The van der Waals surface area contributed by atoms with Gasteiger partial charge in [0.1, 0.15) is 17.8 Å². The van der Waals surface area contributed by atoms with E-state index in [9.17, 15) is 9.59 Å². The molecule has 1 aromatic heterocycles. The second-order valence-electron chi connectivity index (χ2n) is 6.18. The van der Waals surface area contributed by atoms with E-state index in [1.54, 1.807) is 30.3 Å². The van der Waals surface area contributed by atoms with Crippen molar-refractivity contribution in [2.24, 2.45) is 0 Å². The molecule has 0 aliphatic heterocycles. The van der Waals surface area contributed by atoms with Crippen LogP contribution in [0, 0.1) is 0 Å². The maximum atomic E-state index is 12.3. The Hall–Kier alpha value is -3.25. The third-order valence-corrected chi connectivity index (χ3v) is 4.29. The van der Waals surface area contributed by atoms with Crippen LogP contribution in [0.15, 0.2) is 60.9 Å². The third-order valence-electron chi connectivity index (χ3n) is 4.05. The lowest BCUT2D eigenvalue weighted by Gasteiger charge is -2.08. The molecule has 0 fully saturated rings. The predicted molar refractivity (Wildman–Crippen MR) is 109 cm³/mol. The molecule has 7 heteroatoms. The topological polar surface area (TPSA) is 84.0 Å². The largest absolute Gasteiger partial charge is 0.350 e. The van der Waals surface area contributed by atoms with Gasteiger partial charge < -0.3 is 10.6 Å². The lowest BCUT2D eigenvalue weighted by molar-refractivity contribution is 0.0948. The maximum absolute atomic E-state index is 12.3. The third kappa shape index (κ3) is 5.37. The maximum Gasteiger partial charge on any atom is 0.270 e. The van der Waals surface area contributed by atoms with E-state index in [1.165, 1.54) is 13.3 Å². The van der Waals surface area contributed by atoms with E-state index in [2.05, 4.69) is 20.6 Å². The fourth-order valence-electron chi connectivity index (χ4n) is 2.59. The minimum absolute atomic E-state index is 0.00492. The summed E-state index contributed by atoms with van der Waals surface area (Å²) < 4.78 is 0. The van der Waals surface area contributed by atoms with Crippen molar-refractivity contribution in [2.45, 2.75) is 13.3 Å². The minimum Gasteiger partial charge on any atom is -0.350 e. The van der Waals surface area contributed by atoms with Crippen LogP contribution in [-0.2, 0) is 6.42 Å². The fraction of sp³-hybridized carbons (Fsp3) is 0.143. The van der Waals surface area contributed by atoms with E-state index < -0.39 is 0 Å². The Labute approximate surface area is 168 Å². The number of hydrogen-bond donors (Lipinski definition) is 2. The number of carbonyl (C=O) groups excluding carboxylic acids is 2. The van der Waals surface area contributed by atoms with E-state index in [1.807, 2.05) is 24.3 Å². The van der Waals surface area contributed by atoms with E-state index >= 15 is 0 Å².